The second-order valence-corrected chi connectivity index (χ2v) is 9.92. The van der Waals surface area contributed by atoms with E-state index in [0.717, 1.165) is 62.4 Å². The van der Waals surface area contributed by atoms with Crippen molar-refractivity contribution in [2.24, 2.45) is 11.7 Å². The minimum atomic E-state index is -4.85. The van der Waals surface area contributed by atoms with E-state index in [9.17, 15) is 18.0 Å². The molecule has 2 heterocycles. The van der Waals surface area contributed by atoms with Gasteiger partial charge in [0.05, 0.1) is 52.6 Å². The van der Waals surface area contributed by atoms with Crippen LogP contribution in [0.1, 0.15) is 32.0 Å². The van der Waals surface area contributed by atoms with Crippen molar-refractivity contribution in [2.75, 3.05) is 47.7 Å². The van der Waals surface area contributed by atoms with E-state index < -0.39 is 12.1 Å². The molecule has 0 spiro atoms. The number of esters is 1. The Labute approximate surface area is 254 Å². The summed E-state index contributed by atoms with van der Waals surface area (Å²) in [5, 5.41) is 0.605. The smallest absolute Gasteiger partial charge is 0.490 e. The van der Waals surface area contributed by atoms with Gasteiger partial charge in [-0.1, -0.05) is 18.2 Å². The first kappa shape index (κ1) is 35.9. The Bertz CT molecular complexity index is 1270. The zero-order valence-corrected chi connectivity index (χ0v) is 25.9. The van der Waals surface area contributed by atoms with Gasteiger partial charge in [0, 0.05) is 43.8 Å². The molecule has 1 aliphatic rings. The molecule has 10 nitrogen and oxygen atoms in total. The van der Waals surface area contributed by atoms with Crippen LogP contribution in [0.15, 0.2) is 36.3 Å². The number of fused-ring (bicyclic) bond motifs is 1. The second-order valence-electron chi connectivity index (χ2n) is 9.51. The molecule has 1 aromatic heterocycles. The van der Waals surface area contributed by atoms with E-state index in [1.807, 2.05) is 6.07 Å². The molecular formula is C29H42ClF3N4O6+2. The van der Waals surface area contributed by atoms with Gasteiger partial charge in [-0.05, 0) is 19.8 Å². The highest BCUT2D eigenvalue weighted by Gasteiger charge is 2.40. The van der Waals surface area contributed by atoms with Crippen molar-refractivity contribution in [2.45, 2.75) is 52.0 Å². The molecule has 2 aromatic rings. The SMILES string of the molecule is C=C(/C=C(\C=[NH+]CCCOc1cc2c(cc1Cl)n(CC)c(CN)[n+]2CC1CCOCC1)OC)OC.COC(=O)C(F)(F)F. The third kappa shape index (κ3) is 10.7. The van der Waals surface area contributed by atoms with Gasteiger partial charge in [0.15, 0.2) is 16.8 Å². The molecule has 3 rings (SSSR count). The number of nitrogens with one attached hydrogen (secondary N) is 1. The quantitative estimate of drug-likeness (QED) is 0.0871. The lowest BCUT2D eigenvalue weighted by atomic mass is 10.0. The number of ether oxygens (including phenoxy) is 5. The van der Waals surface area contributed by atoms with Crippen LogP contribution < -0.4 is 20.0 Å². The maximum Gasteiger partial charge on any atom is 0.490 e. The number of hydrogen-bond acceptors (Lipinski definition) is 7. The standard InChI is InChI=1S/C26H38ClN4O4.C3H3F3O2/c1-5-30-23-14-22(27)25(35-10-6-9-29-17-21(33-4)13-19(2)32-3)15-24(23)31(26(30)16-28)18-20-7-11-34-12-8-20;1-8-2(7)3(4,5)6/h13-15,17,20H,2,5-12,16,18,28H2,1,3-4H3;1H3/q+1;/p+1/b21-13+,29-17?;. The number of nitrogens with zero attached hydrogens (tertiary/aromatic N) is 2. The Morgan fingerprint density at radius 1 is 1.23 bits per heavy atom. The van der Waals surface area contributed by atoms with Crippen LogP contribution in [0.3, 0.4) is 0 Å². The lowest BCUT2D eigenvalue weighted by molar-refractivity contribution is -0.687. The second kappa shape index (κ2) is 17.7. The highest BCUT2D eigenvalue weighted by molar-refractivity contribution is 6.32. The number of benzene rings is 1. The third-order valence-electron chi connectivity index (χ3n) is 6.70. The summed E-state index contributed by atoms with van der Waals surface area (Å²) in [6.45, 7) is 11.0. The minimum absolute atomic E-state index is 0.470. The van der Waals surface area contributed by atoms with Crippen molar-refractivity contribution < 1.29 is 51.2 Å². The number of halogens is 4. The summed E-state index contributed by atoms with van der Waals surface area (Å²) in [5.74, 6) is 1.37. The lowest BCUT2D eigenvalue weighted by Gasteiger charge is -2.21. The molecule has 1 fully saturated rings. The van der Waals surface area contributed by atoms with E-state index in [-0.39, 0.29) is 0 Å². The number of alkyl halides is 3. The molecule has 0 unspecified atom stereocenters. The van der Waals surface area contributed by atoms with Gasteiger partial charge in [0.25, 0.3) is 5.82 Å². The highest BCUT2D eigenvalue weighted by atomic mass is 35.5. The number of allylic oxidation sites excluding steroid dienone is 2. The predicted molar refractivity (Wildman–Crippen MR) is 156 cm³/mol. The molecular weight excluding hydrogens is 593 g/mol. The van der Waals surface area contributed by atoms with E-state index in [4.69, 9.17) is 36.3 Å². The lowest BCUT2D eigenvalue weighted by Crippen LogP contribution is -2.69. The van der Waals surface area contributed by atoms with Crippen molar-refractivity contribution in [3.63, 3.8) is 0 Å². The van der Waals surface area contributed by atoms with E-state index in [0.29, 0.717) is 55.0 Å². The van der Waals surface area contributed by atoms with Gasteiger partial charge >= 0.3 is 12.1 Å². The highest BCUT2D eigenvalue weighted by Crippen LogP contribution is 2.31. The van der Waals surface area contributed by atoms with Crippen LogP contribution in [-0.4, -0.2) is 70.6 Å². The van der Waals surface area contributed by atoms with Crippen LogP contribution in [0.25, 0.3) is 11.0 Å². The summed E-state index contributed by atoms with van der Waals surface area (Å²) in [6, 6.07) is 4.06. The van der Waals surface area contributed by atoms with Crippen molar-refractivity contribution in [1.29, 1.82) is 0 Å². The summed E-state index contributed by atoms with van der Waals surface area (Å²) in [6.07, 6.45) is 1.57. The minimum Gasteiger partial charge on any atom is -0.497 e. The molecule has 0 bridgehead atoms. The molecule has 0 saturated carbocycles. The average Bonchev–Trinajstić information content (AvgIpc) is 3.28. The number of hydrogen-bond donors (Lipinski definition) is 2. The maximum absolute atomic E-state index is 11.0. The first-order valence-corrected chi connectivity index (χ1v) is 14.2. The summed E-state index contributed by atoms with van der Waals surface area (Å²) in [7, 11) is 3.85. The van der Waals surface area contributed by atoms with Crippen LogP contribution in [0.4, 0.5) is 13.2 Å². The molecule has 1 aliphatic heterocycles. The van der Waals surface area contributed by atoms with E-state index in [1.54, 1.807) is 26.5 Å². The number of carbonyl (C=O) groups excluding carboxylic acids is 1. The van der Waals surface area contributed by atoms with Gasteiger partial charge in [0.1, 0.15) is 18.1 Å². The molecule has 0 amide bonds. The Balaban J connectivity index is 0.000000708. The van der Waals surface area contributed by atoms with Gasteiger partial charge in [0.2, 0.25) is 6.21 Å². The fraction of sp³-hybridized carbons (Fsp3) is 0.552. The Hall–Kier alpha value is -3.29. The molecule has 0 atom stereocenters. The number of aryl methyl sites for hydroxylation is 1. The normalized spacial score (nSPS) is 14.4. The van der Waals surface area contributed by atoms with E-state index >= 15 is 0 Å². The summed E-state index contributed by atoms with van der Waals surface area (Å²) >= 11 is 6.63. The summed E-state index contributed by atoms with van der Waals surface area (Å²) in [4.78, 5) is 12.7. The van der Waals surface area contributed by atoms with Gasteiger partial charge in [-0.15, -0.1) is 0 Å². The molecule has 240 valence electrons. The van der Waals surface area contributed by atoms with Crippen molar-refractivity contribution >= 4 is 34.8 Å². The van der Waals surface area contributed by atoms with Crippen LogP contribution >= 0.6 is 11.6 Å². The molecule has 0 aliphatic carbocycles. The number of aromatic nitrogens is 2. The zero-order valence-electron chi connectivity index (χ0n) is 25.1. The van der Waals surface area contributed by atoms with Gasteiger partial charge in [-0.3, -0.25) is 0 Å². The maximum atomic E-state index is 11.0. The number of carbonyl (C=O) groups is 1. The largest absolute Gasteiger partial charge is 0.497 e. The topological polar surface area (TPSA) is 112 Å². The van der Waals surface area contributed by atoms with Crippen molar-refractivity contribution in [3.05, 3.63) is 47.2 Å². The number of imidazole rings is 1. The van der Waals surface area contributed by atoms with Crippen molar-refractivity contribution in [3.8, 4) is 5.75 Å². The molecule has 1 saturated heterocycles. The number of rotatable bonds is 13. The fourth-order valence-corrected chi connectivity index (χ4v) is 4.70. The van der Waals surface area contributed by atoms with E-state index in [2.05, 4.69) is 38.4 Å². The Morgan fingerprint density at radius 3 is 2.47 bits per heavy atom. The van der Waals surface area contributed by atoms with Crippen LogP contribution in [0, 0.1) is 5.92 Å². The Morgan fingerprint density at radius 2 is 1.93 bits per heavy atom. The molecule has 3 N–H and O–H groups in total. The third-order valence-corrected chi connectivity index (χ3v) is 6.99. The predicted octanol–water partition coefficient (Wildman–Crippen LogP) is 2.82. The number of methoxy groups -OCH3 is 3. The van der Waals surface area contributed by atoms with E-state index in [1.165, 1.54) is 0 Å². The first-order valence-electron chi connectivity index (χ1n) is 13.9. The molecule has 14 heteroatoms. The molecule has 1 aromatic carbocycles. The van der Waals surface area contributed by atoms with Crippen LogP contribution in [-0.2, 0) is 43.4 Å². The monoisotopic (exact) mass is 634 g/mol. The average molecular weight is 635 g/mol. The van der Waals surface area contributed by atoms with Gasteiger partial charge < -0.3 is 29.4 Å². The zero-order chi connectivity index (χ0) is 32.0. The Kier molecular flexibility index (Phi) is 14.8. The number of nitrogens with two attached hydrogens (primary N) is 1. The fourth-order valence-electron chi connectivity index (χ4n) is 4.49. The summed E-state index contributed by atoms with van der Waals surface area (Å²) in [5.41, 5.74) is 8.40. The first-order chi connectivity index (χ1) is 20.5. The van der Waals surface area contributed by atoms with Gasteiger partial charge in [-0.2, -0.15) is 13.2 Å². The molecule has 0 radical (unpaired) electrons. The summed E-state index contributed by atoms with van der Waals surface area (Å²) < 4.78 is 62.8. The van der Waals surface area contributed by atoms with Crippen LogP contribution in [0.5, 0.6) is 5.75 Å². The van der Waals surface area contributed by atoms with Gasteiger partial charge in [-0.25, -0.2) is 18.9 Å². The van der Waals surface area contributed by atoms with Crippen molar-refractivity contribution in [1.82, 2.24) is 4.57 Å². The molecule has 43 heavy (non-hydrogen) atoms. The van der Waals surface area contributed by atoms with Crippen LogP contribution in [0.2, 0.25) is 5.02 Å².